The van der Waals surface area contributed by atoms with Gasteiger partial charge in [-0.3, -0.25) is 0 Å². The first-order chi connectivity index (χ1) is 10.6. The van der Waals surface area contributed by atoms with Gasteiger partial charge < -0.3 is 10.8 Å². The summed E-state index contributed by atoms with van der Waals surface area (Å²) in [7, 11) is 0. The van der Waals surface area contributed by atoms with E-state index in [0.29, 0.717) is 16.9 Å². The molecule has 0 radical (unpaired) electrons. The van der Waals surface area contributed by atoms with Gasteiger partial charge in [0.25, 0.3) is 0 Å². The lowest BCUT2D eigenvalue weighted by Crippen LogP contribution is -2.03. The predicted octanol–water partition coefficient (Wildman–Crippen LogP) is 3.58. The van der Waals surface area contributed by atoms with Crippen molar-refractivity contribution in [2.75, 3.05) is 5.73 Å². The minimum Gasteiger partial charge on any atom is -0.478 e. The van der Waals surface area contributed by atoms with Crippen molar-refractivity contribution < 1.29 is 9.90 Å². The summed E-state index contributed by atoms with van der Waals surface area (Å²) in [6.45, 7) is 0. The molecule has 0 atom stereocenters. The maximum atomic E-state index is 11.3. The summed E-state index contributed by atoms with van der Waals surface area (Å²) in [6, 6.07) is 14.3. The molecule has 3 N–H and O–H groups in total. The minimum atomic E-state index is -0.994. The van der Waals surface area contributed by atoms with Gasteiger partial charge in [0, 0.05) is 15.6 Å². The van der Waals surface area contributed by atoms with Crippen LogP contribution in [0.4, 0.5) is 5.82 Å². The van der Waals surface area contributed by atoms with Gasteiger partial charge in [-0.2, -0.15) is 5.10 Å². The second-order valence-electron chi connectivity index (χ2n) is 4.68. The molecule has 0 spiro atoms. The van der Waals surface area contributed by atoms with E-state index >= 15 is 0 Å². The average Bonchev–Trinajstić information content (AvgIpc) is 2.89. The number of benzene rings is 2. The molecule has 0 bridgehead atoms. The predicted molar refractivity (Wildman–Crippen MR) is 88.1 cm³/mol. The molecular formula is C16H12BrN3O2. The highest BCUT2D eigenvalue weighted by Gasteiger charge is 2.16. The number of rotatable bonds is 3. The topological polar surface area (TPSA) is 81.1 Å². The van der Waals surface area contributed by atoms with Gasteiger partial charge in [-0.15, -0.1) is 0 Å². The van der Waals surface area contributed by atoms with Crippen LogP contribution >= 0.6 is 15.9 Å². The largest absolute Gasteiger partial charge is 0.478 e. The number of halogens is 1. The van der Waals surface area contributed by atoms with Crippen LogP contribution in [-0.4, -0.2) is 20.9 Å². The van der Waals surface area contributed by atoms with E-state index < -0.39 is 5.97 Å². The molecule has 0 saturated heterocycles. The van der Waals surface area contributed by atoms with Crippen molar-refractivity contribution in [3.8, 4) is 16.8 Å². The van der Waals surface area contributed by atoms with Crippen LogP contribution in [0.1, 0.15) is 10.4 Å². The van der Waals surface area contributed by atoms with Crippen molar-refractivity contribution in [3.63, 3.8) is 0 Å². The molecule has 5 nitrogen and oxygen atoms in total. The Kier molecular flexibility index (Phi) is 3.68. The van der Waals surface area contributed by atoms with E-state index in [1.807, 2.05) is 24.3 Å². The molecule has 0 fully saturated rings. The summed E-state index contributed by atoms with van der Waals surface area (Å²) in [5.41, 5.74) is 8.32. The lowest BCUT2D eigenvalue weighted by atomic mass is 10.0. The zero-order chi connectivity index (χ0) is 15.7. The van der Waals surface area contributed by atoms with Crippen molar-refractivity contribution in [1.82, 2.24) is 9.78 Å². The minimum absolute atomic E-state index is 0.199. The number of hydrogen-bond donors (Lipinski definition) is 2. The fourth-order valence-corrected chi connectivity index (χ4v) is 2.52. The molecular weight excluding hydrogens is 346 g/mol. The molecule has 6 heteroatoms. The van der Waals surface area contributed by atoms with Crippen molar-refractivity contribution >= 4 is 27.7 Å². The van der Waals surface area contributed by atoms with Crippen molar-refractivity contribution in [3.05, 3.63) is 64.8 Å². The molecule has 3 aromatic rings. The Morgan fingerprint density at radius 1 is 1.09 bits per heavy atom. The highest BCUT2D eigenvalue weighted by Crippen LogP contribution is 2.30. The molecule has 0 aliphatic heterocycles. The number of nitrogens with zero attached hydrogens (tertiary/aromatic N) is 2. The van der Waals surface area contributed by atoms with E-state index in [0.717, 1.165) is 10.2 Å². The Labute approximate surface area is 135 Å². The number of nitrogens with two attached hydrogens (primary N) is 1. The zero-order valence-electron chi connectivity index (χ0n) is 11.4. The number of anilines is 1. The van der Waals surface area contributed by atoms with Gasteiger partial charge in [-0.05, 0) is 30.3 Å². The van der Waals surface area contributed by atoms with Crippen LogP contribution in [0.5, 0.6) is 0 Å². The number of aromatic nitrogens is 2. The first kappa shape index (κ1) is 14.3. The van der Waals surface area contributed by atoms with E-state index in [1.165, 1.54) is 0 Å². The zero-order valence-corrected chi connectivity index (χ0v) is 13.0. The first-order valence-corrected chi connectivity index (χ1v) is 7.29. The summed E-state index contributed by atoms with van der Waals surface area (Å²) in [5, 5.41) is 13.6. The summed E-state index contributed by atoms with van der Waals surface area (Å²) < 4.78 is 2.54. The molecule has 0 amide bonds. The third-order valence-corrected chi connectivity index (χ3v) is 3.85. The van der Waals surface area contributed by atoms with E-state index in [9.17, 15) is 9.90 Å². The van der Waals surface area contributed by atoms with Crippen molar-refractivity contribution in [1.29, 1.82) is 0 Å². The Balaban J connectivity index is 2.12. The second-order valence-corrected chi connectivity index (χ2v) is 5.60. The van der Waals surface area contributed by atoms with Gasteiger partial charge in [0.1, 0.15) is 5.82 Å². The number of aromatic carboxylic acids is 1. The Morgan fingerprint density at radius 3 is 2.45 bits per heavy atom. The lowest BCUT2D eigenvalue weighted by Gasteiger charge is -2.07. The third-order valence-electron chi connectivity index (χ3n) is 3.33. The summed E-state index contributed by atoms with van der Waals surface area (Å²) in [4.78, 5) is 11.3. The van der Waals surface area contributed by atoms with Gasteiger partial charge in [0.15, 0.2) is 0 Å². The summed E-state index contributed by atoms with van der Waals surface area (Å²) >= 11 is 3.38. The molecule has 3 rings (SSSR count). The summed E-state index contributed by atoms with van der Waals surface area (Å²) in [6.07, 6.45) is 1.58. The number of hydrogen-bond acceptors (Lipinski definition) is 3. The molecule has 1 heterocycles. The van der Waals surface area contributed by atoms with E-state index in [-0.39, 0.29) is 5.56 Å². The van der Waals surface area contributed by atoms with Crippen LogP contribution in [0.15, 0.2) is 59.2 Å². The normalized spacial score (nSPS) is 10.6. The van der Waals surface area contributed by atoms with Crippen LogP contribution in [0.3, 0.4) is 0 Å². The standard InChI is InChI=1S/C16H12BrN3O2/c17-10-5-7-11(8-6-10)20-15(18)14(9-19-20)12-3-1-2-4-13(12)16(21)22/h1-9H,18H2,(H,21,22). The molecule has 0 saturated carbocycles. The van der Waals surface area contributed by atoms with Gasteiger partial charge in [-0.1, -0.05) is 34.1 Å². The molecule has 1 aromatic heterocycles. The number of carbonyl (C=O) groups is 1. The van der Waals surface area contributed by atoms with E-state index in [1.54, 1.807) is 35.1 Å². The van der Waals surface area contributed by atoms with Crippen LogP contribution in [0.2, 0.25) is 0 Å². The first-order valence-electron chi connectivity index (χ1n) is 6.50. The quantitative estimate of drug-likeness (QED) is 0.750. The fourth-order valence-electron chi connectivity index (χ4n) is 2.26. The molecule has 110 valence electrons. The van der Waals surface area contributed by atoms with Crippen LogP contribution < -0.4 is 5.73 Å². The molecule has 0 aliphatic carbocycles. The Hall–Kier alpha value is -2.60. The Bertz CT molecular complexity index is 841. The third kappa shape index (κ3) is 2.48. The monoisotopic (exact) mass is 357 g/mol. The van der Waals surface area contributed by atoms with Crippen LogP contribution in [-0.2, 0) is 0 Å². The van der Waals surface area contributed by atoms with Gasteiger partial charge in [0.05, 0.1) is 17.4 Å². The van der Waals surface area contributed by atoms with Gasteiger partial charge in [-0.25, -0.2) is 9.48 Å². The number of carboxylic acids is 1. The molecule has 0 aliphatic rings. The summed E-state index contributed by atoms with van der Waals surface area (Å²) in [5.74, 6) is -0.595. The van der Waals surface area contributed by atoms with Crippen LogP contribution in [0.25, 0.3) is 16.8 Å². The fraction of sp³-hybridized carbons (Fsp3) is 0. The highest BCUT2D eigenvalue weighted by atomic mass is 79.9. The Morgan fingerprint density at radius 2 is 1.77 bits per heavy atom. The highest BCUT2D eigenvalue weighted by molar-refractivity contribution is 9.10. The number of carboxylic acid groups (broad SMARTS) is 1. The maximum absolute atomic E-state index is 11.3. The van der Waals surface area contributed by atoms with Crippen molar-refractivity contribution in [2.45, 2.75) is 0 Å². The average molecular weight is 358 g/mol. The smallest absolute Gasteiger partial charge is 0.336 e. The van der Waals surface area contributed by atoms with Gasteiger partial charge in [0.2, 0.25) is 0 Å². The van der Waals surface area contributed by atoms with E-state index in [4.69, 9.17) is 5.73 Å². The van der Waals surface area contributed by atoms with Crippen molar-refractivity contribution in [2.24, 2.45) is 0 Å². The molecule has 0 unspecified atom stereocenters. The van der Waals surface area contributed by atoms with E-state index in [2.05, 4.69) is 21.0 Å². The maximum Gasteiger partial charge on any atom is 0.336 e. The van der Waals surface area contributed by atoms with Crippen LogP contribution in [0, 0.1) is 0 Å². The molecule has 22 heavy (non-hydrogen) atoms. The number of nitrogen functional groups attached to an aromatic ring is 1. The van der Waals surface area contributed by atoms with Gasteiger partial charge >= 0.3 is 5.97 Å². The second kappa shape index (κ2) is 5.65. The lowest BCUT2D eigenvalue weighted by molar-refractivity contribution is 0.0698. The molecule has 2 aromatic carbocycles. The SMILES string of the molecule is Nc1c(-c2ccccc2C(=O)O)cnn1-c1ccc(Br)cc1.